The lowest BCUT2D eigenvalue weighted by atomic mass is 10.0. The van der Waals surface area contributed by atoms with Gasteiger partial charge in [0.25, 0.3) is 5.69 Å². The van der Waals surface area contributed by atoms with E-state index in [1.165, 1.54) is 12.1 Å². The molecule has 0 fully saturated rings. The molecular weight excluding hydrogens is 410 g/mol. The summed E-state index contributed by atoms with van der Waals surface area (Å²) in [4.78, 5) is 35.6. The van der Waals surface area contributed by atoms with Crippen LogP contribution < -0.4 is 10.6 Å². The van der Waals surface area contributed by atoms with E-state index in [0.29, 0.717) is 11.3 Å². The van der Waals surface area contributed by atoms with Gasteiger partial charge in [-0.05, 0) is 30.2 Å². The number of benzene rings is 3. The van der Waals surface area contributed by atoms with Crippen LogP contribution in [0, 0.1) is 17.0 Å². The molecule has 0 unspecified atom stereocenters. The van der Waals surface area contributed by atoms with Crippen molar-refractivity contribution in [1.29, 1.82) is 0 Å². The molecule has 2 amide bonds. The summed E-state index contributed by atoms with van der Waals surface area (Å²) < 4.78 is 5.24. The fourth-order valence-electron chi connectivity index (χ4n) is 2.97. The van der Waals surface area contributed by atoms with Crippen LogP contribution >= 0.6 is 0 Å². The zero-order chi connectivity index (χ0) is 22.9. The summed E-state index contributed by atoms with van der Waals surface area (Å²) in [5.74, 6) is -0.427. The molecule has 0 aliphatic heterocycles. The number of carbonyl (C=O) groups is 2. The lowest BCUT2D eigenvalue weighted by molar-refractivity contribution is -0.384. The molecule has 32 heavy (non-hydrogen) atoms. The van der Waals surface area contributed by atoms with E-state index in [1.807, 2.05) is 49.4 Å². The molecule has 8 nitrogen and oxygen atoms in total. The van der Waals surface area contributed by atoms with Gasteiger partial charge in [0.1, 0.15) is 12.6 Å². The van der Waals surface area contributed by atoms with E-state index in [9.17, 15) is 19.7 Å². The van der Waals surface area contributed by atoms with Crippen LogP contribution in [0.25, 0.3) is 0 Å². The molecule has 164 valence electrons. The number of ether oxygens (including phenoxy) is 1. The maximum absolute atomic E-state index is 12.9. The van der Waals surface area contributed by atoms with Crippen molar-refractivity contribution >= 4 is 23.4 Å². The largest absolute Gasteiger partial charge is 0.445 e. The molecule has 0 spiro atoms. The van der Waals surface area contributed by atoms with Crippen molar-refractivity contribution in [1.82, 2.24) is 5.32 Å². The number of hydrogen-bond donors (Lipinski definition) is 2. The zero-order valence-electron chi connectivity index (χ0n) is 17.5. The Labute approximate surface area is 185 Å². The van der Waals surface area contributed by atoms with Crippen LogP contribution in [0.1, 0.15) is 16.7 Å². The van der Waals surface area contributed by atoms with Gasteiger partial charge in [-0.1, -0.05) is 60.2 Å². The monoisotopic (exact) mass is 433 g/mol. The highest BCUT2D eigenvalue weighted by atomic mass is 16.6. The molecule has 2 N–H and O–H groups in total. The van der Waals surface area contributed by atoms with Gasteiger partial charge in [-0.3, -0.25) is 14.9 Å². The molecule has 1 atom stereocenters. The summed E-state index contributed by atoms with van der Waals surface area (Å²) in [6, 6.07) is 21.3. The predicted octanol–water partition coefficient (Wildman–Crippen LogP) is 4.38. The molecule has 3 rings (SSSR count). The quantitative estimate of drug-likeness (QED) is 0.405. The number of aryl methyl sites for hydroxylation is 1. The summed E-state index contributed by atoms with van der Waals surface area (Å²) in [5.41, 5.74) is 3.06. The number of alkyl carbamates (subject to hydrolysis) is 1. The molecule has 0 saturated heterocycles. The van der Waals surface area contributed by atoms with Crippen molar-refractivity contribution in [3.05, 3.63) is 106 Å². The van der Waals surface area contributed by atoms with E-state index in [0.717, 1.165) is 11.1 Å². The number of nitro benzene ring substituents is 1. The normalized spacial score (nSPS) is 11.3. The van der Waals surface area contributed by atoms with Crippen molar-refractivity contribution in [3.8, 4) is 0 Å². The minimum absolute atomic E-state index is 0.0513. The van der Waals surface area contributed by atoms with Crippen molar-refractivity contribution < 1.29 is 19.2 Å². The van der Waals surface area contributed by atoms with Crippen molar-refractivity contribution in [3.63, 3.8) is 0 Å². The molecule has 8 heteroatoms. The van der Waals surface area contributed by atoms with Crippen LogP contribution in [0.4, 0.5) is 16.2 Å². The number of nitrogens with zero attached hydrogens (tertiary/aromatic N) is 1. The third kappa shape index (κ3) is 6.66. The van der Waals surface area contributed by atoms with E-state index in [2.05, 4.69) is 10.6 Å². The molecule has 3 aromatic carbocycles. The molecule has 0 aromatic heterocycles. The van der Waals surface area contributed by atoms with Crippen LogP contribution in [-0.4, -0.2) is 23.0 Å². The van der Waals surface area contributed by atoms with Gasteiger partial charge in [0, 0.05) is 24.2 Å². The third-order valence-electron chi connectivity index (χ3n) is 4.73. The highest BCUT2D eigenvalue weighted by Crippen LogP contribution is 2.15. The van der Waals surface area contributed by atoms with E-state index in [4.69, 9.17) is 4.74 Å². The molecular formula is C24H23N3O5. The van der Waals surface area contributed by atoms with Crippen molar-refractivity contribution in [2.75, 3.05) is 5.32 Å². The van der Waals surface area contributed by atoms with Gasteiger partial charge in [-0.2, -0.15) is 0 Å². The summed E-state index contributed by atoms with van der Waals surface area (Å²) in [6.45, 7) is 2.00. The fourth-order valence-corrected chi connectivity index (χ4v) is 2.97. The zero-order valence-corrected chi connectivity index (χ0v) is 17.5. The summed E-state index contributed by atoms with van der Waals surface area (Å²) in [6.07, 6.45) is -0.601. The number of anilines is 1. The summed E-state index contributed by atoms with van der Waals surface area (Å²) in [7, 11) is 0. The van der Waals surface area contributed by atoms with Gasteiger partial charge >= 0.3 is 6.09 Å². The second-order valence-corrected chi connectivity index (χ2v) is 7.24. The van der Waals surface area contributed by atoms with Gasteiger partial charge in [-0.15, -0.1) is 0 Å². The molecule has 0 aliphatic rings. The lowest BCUT2D eigenvalue weighted by Crippen LogP contribution is -2.45. The number of carbonyl (C=O) groups excluding carboxylic acids is 2. The molecule has 0 saturated carbocycles. The number of rotatable bonds is 8. The van der Waals surface area contributed by atoms with Gasteiger partial charge in [-0.25, -0.2) is 4.79 Å². The number of non-ortho nitro benzene ring substituents is 1. The molecule has 0 radical (unpaired) electrons. The van der Waals surface area contributed by atoms with Crippen molar-refractivity contribution in [2.24, 2.45) is 0 Å². The average Bonchev–Trinajstić information content (AvgIpc) is 2.80. The summed E-state index contributed by atoms with van der Waals surface area (Å²) >= 11 is 0. The molecule has 0 aliphatic carbocycles. The van der Waals surface area contributed by atoms with Gasteiger partial charge < -0.3 is 15.4 Å². The smallest absolute Gasteiger partial charge is 0.408 e. The topological polar surface area (TPSA) is 111 Å². The van der Waals surface area contributed by atoms with Crippen LogP contribution in [0.5, 0.6) is 0 Å². The Kier molecular flexibility index (Phi) is 7.53. The Hall–Kier alpha value is -4.20. The minimum atomic E-state index is -0.943. The SMILES string of the molecule is Cc1ccc(NC(=O)[C@H](Cc2ccc([N+](=O)[O-])cc2)NC(=O)OCc2ccccc2)cc1. The first-order valence-corrected chi connectivity index (χ1v) is 9.99. The molecule has 0 bridgehead atoms. The lowest BCUT2D eigenvalue weighted by Gasteiger charge is -2.19. The Morgan fingerprint density at radius 3 is 2.22 bits per heavy atom. The molecule has 3 aromatic rings. The van der Waals surface area contributed by atoms with E-state index in [1.54, 1.807) is 24.3 Å². The van der Waals surface area contributed by atoms with E-state index >= 15 is 0 Å². The number of amides is 2. The first kappa shape index (κ1) is 22.5. The first-order valence-electron chi connectivity index (χ1n) is 9.99. The Balaban J connectivity index is 1.69. The fraction of sp³-hybridized carbons (Fsp3) is 0.167. The average molecular weight is 433 g/mol. The molecule has 0 heterocycles. The predicted molar refractivity (Wildman–Crippen MR) is 120 cm³/mol. The first-order chi connectivity index (χ1) is 15.4. The third-order valence-corrected chi connectivity index (χ3v) is 4.73. The van der Waals surface area contributed by atoms with Gasteiger partial charge in [0.2, 0.25) is 5.91 Å². The highest BCUT2D eigenvalue weighted by molar-refractivity contribution is 5.96. The van der Waals surface area contributed by atoms with Crippen LogP contribution in [0.15, 0.2) is 78.9 Å². The Bertz CT molecular complexity index is 1070. The second kappa shape index (κ2) is 10.7. The van der Waals surface area contributed by atoms with Gasteiger partial charge in [0.15, 0.2) is 0 Å². The maximum Gasteiger partial charge on any atom is 0.408 e. The van der Waals surface area contributed by atoms with Crippen LogP contribution in [-0.2, 0) is 22.6 Å². The van der Waals surface area contributed by atoms with E-state index < -0.39 is 23.0 Å². The highest BCUT2D eigenvalue weighted by Gasteiger charge is 2.23. The van der Waals surface area contributed by atoms with E-state index in [-0.39, 0.29) is 18.7 Å². The Morgan fingerprint density at radius 2 is 1.59 bits per heavy atom. The minimum Gasteiger partial charge on any atom is -0.445 e. The number of hydrogen-bond acceptors (Lipinski definition) is 5. The Morgan fingerprint density at radius 1 is 0.938 bits per heavy atom. The van der Waals surface area contributed by atoms with Crippen LogP contribution in [0.2, 0.25) is 0 Å². The van der Waals surface area contributed by atoms with Crippen molar-refractivity contribution in [2.45, 2.75) is 26.0 Å². The van der Waals surface area contributed by atoms with Crippen LogP contribution in [0.3, 0.4) is 0 Å². The number of nitro groups is 1. The van der Waals surface area contributed by atoms with Gasteiger partial charge in [0.05, 0.1) is 4.92 Å². The number of nitrogens with one attached hydrogen (secondary N) is 2. The second-order valence-electron chi connectivity index (χ2n) is 7.24. The maximum atomic E-state index is 12.9. The standard InChI is InChI=1S/C24H23N3O5/c1-17-7-11-20(12-8-17)25-23(28)22(15-18-9-13-21(14-10-18)27(30)31)26-24(29)32-16-19-5-3-2-4-6-19/h2-14,22H,15-16H2,1H3,(H,25,28)(H,26,29)/t22-/m0/s1. The summed E-state index contributed by atoms with van der Waals surface area (Å²) in [5, 5.41) is 16.3.